The van der Waals surface area contributed by atoms with Crippen molar-refractivity contribution in [3.63, 3.8) is 0 Å². The van der Waals surface area contributed by atoms with Gasteiger partial charge in [0.15, 0.2) is 5.78 Å². The Morgan fingerprint density at radius 3 is 2.65 bits per heavy atom. The van der Waals surface area contributed by atoms with E-state index in [4.69, 9.17) is 5.26 Å². The lowest BCUT2D eigenvalue weighted by Gasteiger charge is -2.05. The molecule has 1 aliphatic rings. The number of nitrogens with zero attached hydrogens (tertiary/aromatic N) is 1. The number of hydrogen-bond donors (Lipinski definition) is 1. The second-order valence-electron chi connectivity index (χ2n) is 4.30. The van der Waals surface area contributed by atoms with E-state index in [1.165, 1.54) is 18.7 Å². The molecule has 0 saturated carbocycles. The highest BCUT2D eigenvalue weighted by Crippen LogP contribution is 2.32. The first kappa shape index (κ1) is 14.8. The van der Waals surface area contributed by atoms with Crippen molar-refractivity contribution in [3.8, 4) is 6.07 Å². The summed E-state index contributed by atoms with van der Waals surface area (Å²) in [5, 5.41) is 11.6. The lowest BCUT2D eigenvalue weighted by atomic mass is 10.1. The molecule has 4 nitrogen and oxygen atoms in total. The van der Waals surface area contributed by atoms with Gasteiger partial charge in [0.25, 0.3) is 0 Å². The Labute approximate surface area is 129 Å². The molecule has 1 N–H and O–H groups in total. The smallest absolute Gasteiger partial charge is 0.238 e. The Hall–Kier alpha value is -1.58. The number of hydrogen-bond acceptors (Lipinski definition) is 4. The predicted molar refractivity (Wildman–Crippen MR) is 80.7 cm³/mol. The van der Waals surface area contributed by atoms with Crippen molar-refractivity contribution in [2.45, 2.75) is 18.6 Å². The number of Topliss-reactive ketones (excluding diaryl/α,β-unsaturated/α-hetero) is 1. The van der Waals surface area contributed by atoms with Crippen molar-refractivity contribution < 1.29 is 9.59 Å². The van der Waals surface area contributed by atoms with Gasteiger partial charge >= 0.3 is 0 Å². The second kappa shape index (κ2) is 6.25. The molecule has 1 aromatic rings. The van der Waals surface area contributed by atoms with Crippen LogP contribution in [0.2, 0.25) is 0 Å². The van der Waals surface area contributed by atoms with E-state index < -0.39 is 0 Å². The molecule has 0 radical (unpaired) electrons. The maximum atomic E-state index is 11.9. The Kier molecular flexibility index (Phi) is 4.63. The SMILES string of the molecule is CC(=O)/C(C#N)=C1/NC(=O)[C@@H](Cc2ccc(Br)cc2)S1. The normalized spacial score (nSPS) is 20.2. The minimum absolute atomic E-state index is 0.0154. The summed E-state index contributed by atoms with van der Waals surface area (Å²) in [5.74, 6) is -0.499. The minimum Gasteiger partial charge on any atom is -0.318 e. The Morgan fingerprint density at radius 1 is 1.45 bits per heavy atom. The largest absolute Gasteiger partial charge is 0.318 e. The Bertz CT molecular complexity index is 632. The predicted octanol–water partition coefficient (Wildman–Crippen LogP) is 2.55. The molecule has 0 spiro atoms. The zero-order chi connectivity index (χ0) is 14.7. The summed E-state index contributed by atoms with van der Waals surface area (Å²) in [6.45, 7) is 1.32. The van der Waals surface area contributed by atoms with Crippen molar-refractivity contribution in [1.29, 1.82) is 5.26 Å². The second-order valence-corrected chi connectivity index (χ2v) is 6.43. The van der Waals surface area contributed by atoms with Crippen molar-refractivity contribution >= 4 is 39.4 Å². The highest BCUT2D eigenvalue weighted by atomic mass is 79.9. The highest BCUT2D eigenvalue weighted by molar-refractivity contribution is 9.10. The Balaban J connectivity index is 2.16. The monoisotopic (exact) mass is 350 g/mol. The molecule has 1 aliphatic heterocycles. The van der Waals surface area contributed by atoms with Crippen LogP contribution < -0.4 is 5.32 Å². The van der Waals surface area contributed by atoms with E-state index in [-0.39, 0.29) is 22.5 Å². The number of nitrogens with one attached hydrogen (secondary N) is 1. The number of carbonyl (C=O) groups is 2. The fourth-order valence-electron chi connectivity index (χ4n) is 1.80. The van der Waals surface area contributed by atoms with Crippen LogP contribution >= 0.6 is 27.7 Å². The lowest BCUT2D eigenvalue weighted by molar-refractivity contribution is -0.119. The fraction of sp³-hybridized carbons (Fsp3) is 0.214. The molecule has 1 saturated heterocycles. The van der Waals surface area contributed by atoms with Gasteiger partial charge in [0.1, 0.15) is 11.6 Å². The number of amides is 1. The molecule has 0 aliphatic carbocycles. The van der Waals surface area contributed by atoms with Crippen LogP contribution in [0.25, 0.3) is 0 Å². The Morgan fingerprint density at radius 2 is 2.10 bits per heavy atom. The van der Waals surface area contributed by atoms with E-state index in [1.807, 2.05) is 30.3 Å². The summed E-state index contributed by atoms with van der Waals surface area (Å²) >= 11 is 4.60. The van der Waals surface area contributed by atoms with Gasteiger partial charge in [0, 0.05) is 4.47 Å². The number of carbonyl (C=O) groups excluding carboxylic acids is 2. The van der Waals surface area contributed by atoms with E-state index in [9.17, 15) is 9.59 Å². The molecule has 1 fully saturated rings. The first-order valence-electron chi connectivity index (χ1n) is 5.88. The van der Waals surface area contributed by atoms with E-state index >= 15 is 0 Å². The molecule has 1 heterocycles. The zero-order valence-electron chi connectivity index (χ0n) is 10.6. The number of nitriles is 1. The summed E-state index contributed by atoms with van der Waals surface area (Å²) in [6.07, 6.45) is 0.559. The van der Waals surface area contributed by atoms with Gasteiger partial charge < -0.3 is 5.32 Å². The summed E-state index contributed by atoms with van der Waals surface area (Å²) in [4.78, 5) is 23.2. The molecule has 2 rings (SSSR count). The van der Waals surface area contributed by atoms with E-state index in [0.29, 0.717) is 11.4 Å². The zero-order valence-corrected chi connectivity index (χ0v) is 13.0. The quantitative estimate of drug-likeness (QED) is 0.671. The van der Waals surface area contributed by atoms with Gasteiger partial charge in [-0.2, -0.15) is 5.26 Å². The summed E-state index contributed by atoms with van der Waals surface area (Å²) < 4.78 is 0.980. The lowest BCUT2D eigenvalue weighted by Crippen LogP contribution is -2.24. The first-order valence-corrected chi connectivity index (χ1v) is 7.56. The number of thioether (sulfide) groups is 1. The number of benzene rings is 1. The molecule has 20 heavy (non-hydrogen) atoms. The van der Waals surface area contributed by atoms with Crippen molar-refractivity contribution in [2.75, 3.05) is 0 Å². The van der Waals surface area contributed by atoms with Gasteiger partial charge in [-0.3, -0.25) is 9.59 Å². The number of halogens is 1. The number of allylic oxidation sites excluding steroid dienone is 1. The van der Waals surface area contributed by atoms with Crippen LogP contribution in [0.1, 0.15) is 12.5 Å². The van der Waals surface area contributed by atoms with Crippen LogP contribution in [0.3, 0.4) is 0 Å². The molecule has 0 bridgehead atoms. The van der Waals surface area contributed by atoms with E-state index in [2.05, 4.69) is 21.2 Å². The third-order valence-electron chi connectivity index (χ3n) is 2.81. The fourth-order valence-corrected chi connectivity index (χ4v) is 3.25. The maximum absolute atomic E-state index is 11.9. The minimum atomic E-state index is -0.334. The van der Waals surface area contributed by atoms with Crippen molar-refractivity contribution in [1.82, 2.24) is 5.32 Å². The van der Waals surface area contributed by atoms with Gasteiger partial charge in [0.2, 0.25) is 5.91 Å². The van der Waals surface area contributed by atoms with E-state index in [0.717, 1.165) is 10.0 Å². The van der Waals surface area contributed by atoms with Gasteiger partial charge in [0.05, 0.1) is 10.3 Å². The van der Waals surface area contributed by atoms with Crippen LogP contribution in [-0.2, 0) is 16.0 Å². The molecular formula is C14H11BrN2O2S. The third kappa shape index (κ3) is 3.30. The van der Waals surface area contributed by atoms with Crippen LogP contribution in [0.5, 0.6) is 0 Å². The molecule has 0 unspecified atom stereocenters. The molecule has 0 aromatic heterocycles. The van der Waals surface area contributed by atoms with Crippen LogP contribution in [0.15, 0.2) is 39.3 Å². The summed E-state index contributed by atoms with van der Waals surface area (Å²) in [6, 6.07) is 9.56. The molecule has 6 heteroatoms. The van der Waals surface area contributed by atoms with Crippen molar-refractivity contribution in [3.05, 3.63) is 44.9 Å². The topological polar surface area (TPSA) is 70.0 Å². The molecule has 102 valence electrons. The molecular weight excluding hydrogens is 340 g/mol. The maximum Gasteiger partial charge on any atom is 0.238 e. The van der Waals surface area contributed by atoms with Crippen LogP contribution in [0, 0.1) is 11.3 Å². The molecule has 1 aromatic carbocycles. The van der Waals surface area contributed by atoms with Crippen LogP contribution in [-0.4, -0.2) is 16.9 Å². The van der Waals surface area contributed by atoms with Gasteiger partial charge in [-0.25, -0.2) is 0 Å². The van der Waals surface area contributed by atoms with Gasteiger partial charge in [-0.05, 0) is 31.0 Å². The van der Waals surface area contributed by atoms with Gasteiger partial charge in [-0.15, -0.1) is 0 Å². The van der Waals surface area contributed by atoms with Crippen molar-refractivity contribution in [2.24, 2.45) is 0 Å². The average Bonchev–Trinajstić information content (AvgIpc) is 2.74. The summed E-state index contributed by atoms with van der Waals surface area (Å²) in [5.41, 5.74) is 1.05. The van der Waals surface area contributed by atoms with Gasteiger partial charge in [-0.1, -0.05) is 39.8 Å². The average molecular weight is 351 g/mol. The standard InChI is InChI=1S/C14H11BrN2O2S/c1-8(18)11(7-16)14-17-13(19)12(20-14)6-9-2-4-10(15)5-3-9/h2-5,12H,6H2,1H3,(H,17,19)/b14-11-/t12-/m1/s1. The van der Waals surface area contributed by atoms with Crippen LogP contribution in [0.4, 0.5) is 0 Å². The molecule has 1 amide bonds. The highest BCUT2D eigenvalue weighted by Gasteiger charge is 2.31. The van der Waals surface area contributed by atoms with E-state index in [1.54, 1.807) is 0 Å². The third-order valence-corrected chi connectivity index (χ3v) is 4.55. The summed E-state index contributed by atoms with van der Waals surface area (Å²) in [7, 11) is 0. The number of rotatable bonds is 3. The number of ketones is 1. The first-order chi connectivity index (χ1) is 9.51. The molecule has 1 atom stereocenters.